The van der Waals surface area contributed by atoms with Crippen molar-refractivity contribution in [2.24, 2.45) is 28.9 Å². The number of nitrogens with one attached hydrogen (secondary N) is 3. The Balaban J connectivity index is 1.20. The summed E-state index contributed by atoms with van der Waals surface area (Å²) in [4.78, 5) is 25.8. The topological polar surface area (TPSA) is 115 Å². The minimum atomic E-state index is -0.517. The van der Waals surface area contributed by atoms with Gasteiger partial charge in [0, 0.05) is 29.3 Å². The Morgan fingerprint density at radius 3 is 2.45 bits per heavy atom. The van der Waals surface area contributed by atoms with Gasteiger partial charge < -0.3 is 31.2 Å². The first-order valence-corrected chi connectivity index (χ1v) is 15.5. The first kappa shape index (κ1) is 28.7. The van der Waals surface area contributed by atoms with Crippen molar-refractivity contribution in [2.45, 2.75) is 70.6 Å². The highest BCUT2D eigenvalue weighted by Gasteiger charge is 2.53. The third-order valence-electron chi connectivity index (χ3n) is 9.71. The van der Waals surface area contributed by atoms with Crippen LogP contribution in [0.1, 0.15) is 67.7 Å². The van der Waals surface area contributed by atoms with Gasteiger partial charge in [-0.3, -0.25) is 0 Å². The van der Waals surface area contributed by atoms with E-state index in [1.54, 1.807) is 0 Å². The normalized spacial score (nSPS) is 28.8. The molecule has 5 aliphatic rings. The summed E-state index contributed by atoms with van der Waals surface area (Å²) < 4.78 is 11.4. The van der Waals surface area contributed by atoms with Gasteiger partial charge in [0.25, 0.3) is 0 Å². The first-order valence-electron chi connectivity index (χ1n) is 15.5. The van der Waals surface area contributed by atoms with Crippen molar-refractivity contribution in [1.82, 2.24) is 16.0 Å². The number of allylic oxidation sites excluding steroid dienone is 1. The molecule has 1 heterocycles. The highest BCUT2D eigenvalue weighted by atomic mass is 16.6. The maximum atomic E-state index is 13.3. The Hall–Kier alpha value is -3.36. The second-order valence-electron chi connectivity index (χ2n) is 13.1. The number of hydrogen-bond acceptors (Lipinski definition) is 6. The SMILES string of the molecule is Cc1ccc(OCC(=O)OCc2ccccc2)c(C(N)/C=C(\NC(=O)N[C@@H]2CCNC2)C23CC4CC(CC(C4)C2)C3)c1. The van der Waals surface area contributed by atoms with Gasteiger partial charge in [-0.15, -0.1) is 0 Å². The van der Waals surface area contributed by atoms with Crippen LogP contribution < -0.4 is 26.4 Å². The Morgan fingerprint density at radius 2 is 1.79 bits per heavy atom. The van der Waals surface area contributed by atoms with Crippen LogP contribution in [0, 0.1) is 30.1 Å². The summed E-state index contributed by atoms with van der Waals surface area (Å²) in [5, 5.41) is 9.78. The lowest BCUT2D eigenvalue weighted by atomic mass is 9.48. The maximum absolute atomic E-state index is 13.3. The standard InChI is InChI=1S/C34H44N4O4/c1-22-7-8-30(41-21-32(39)42-20-23-5-3-2-4-6-23)28(11-22)29(35)15-31(38-33(40)37-27-9-10-36-19-27)34-16-24-12-25(17-34)14-26(13-24)18-34/h2-8,11,15,24-27,29,36H,9-10,12-14,16-21,35H2,1H3,(H2,37,38,40)/b31-15-/t24?,25?,26?,27-,29?,34?/m1/s1. The molecule has 1 saturated heterocycles. The average Bonchev–Trinajstić information content (AvgIpc) is 3.48. The molecule has 5 N–H and O–H groups in total. The van der Waals surface area contributed by atoms with Crippen molar-refractivity contribution < 1.29 is 19.1 Å². The smallest absolute Gasteiger partial charge is 0.344 e. The van der Waals surface area contributed by atoms with Gasteiger partial charge in [-0.1, -0.05) is 48.0 Å². The van der Waals surface area contributed by atoms with Gasteiger partial charge in [0.2, 0.25) is 0 Å². The van der Waals surface area contributed by atoms with Gasteiger partial charge in [0.15, 0.2) is 6.61 Å². The largest absolute Gasteiger partial charge is 0.482 e. The van der Waals surface area contributed by atoms with Gasteiger partial charge in [-0.25, -0.2) is 9.59 Å². The van der Waals surface area contributed by atoms with Crippen LogP contribution in [-0.4, -0.2) is 37.7 Å². The van der Waals surface area contributed by atoms with Crippen LogP contribution >= 0.6 is 0 Å². The molecule has 2 aromatic carbocycles. The van der Waals surface area contributed by atoms with E-state index in [0.717, 1.165) is 78.9 Å². The Labute approximate surface area is 248 Å². The monoisotopic (exact) mass is 572 g/mol. The van der Waals surface area contributed by atoms with Gasteiger partial charge in [-0.05, 0) is 93.9 Å². The third kappa shape index (κ3) is 6.65. The van der Waals surface area contributed by atoms with Gasteiger partial charge in [-0.2, -0.15) is 0 Å². The predicted octanol–water partition coefficient (Wildman–Crippen LogP) is 4.88. The molecule has 42 heavy (non-hydrogen) atoms. The van der Waals surface area contributed by atoms with E-state index in [4.69, 9.17) is 15.2 Å². The fraction of sp³-hybridized carbons (Fsp3) is 0.529. The quantitative estimate of drug-likeness (QED) is 0.302. The Kier molecular flexibility index (Phi) is 8.54. The van der Waals surface area contributed by atoms with Crippen LogP contribution in [-0.2, 0) is 16.1 Å². The molecule has 4 aliphatic carbocycles. The summed E-state index contributed by atoms with van der Waals surface area (Å²) in [6.07, 6.45) is 10.2. The number of rotatable bonds is 10. The number of hydrogen-bond donors (Lipinski definition) is 4. The highest BCUT2D eigenvalue weighted by molar-refractivity contribution is 5.76. The molecule has 8 heteroatoms. The molecule has 0 radical (unpaired) electrons. The number of carbonyl (C=O) groups is 2. The molecule has 224 valence electrons. The van der Waals surface area contributed by atoms with Crippen molar-refractivity contribution >= 4 is 12.0 Å². The van der Waals surface area contributed by atoms with Gasteiger partial charge in [0.1, 0.15) is 12.4 Å². The number of urea groups is 1. The molecule has 1 unspecified atom stereocenters. The van der Waals surface area contributed by atoms with Crippen LogP contribution in [0.5, 0.6) is 5.75 Å². The van der Waals surface area contributed by atoms with E-state index in [1.165, 1.54) is 19.3 Å². The molecule has 7 rings (SSSR count). The second kappa shape index (κ2) is 12.5. The lowest BCUT2D eigenvalue weighted by molar-refractivity contribution is -0.147. The van der Waals surface area contributed by atoms with Crippen molar-refractivity contribution in [1.29, 1.82) is 0 Å². The lowest BCUT2D eigenvalue weighted by Crippen LogP contribution is -2.52. The molecule has 1 aliphatic heterocycles. The Bertz CT molecular complexity index is 1270. The summed E-state index contributed by atoms with van der Waals surface area (Å²) >= 11 is 0. The van der Waals surface area contributed by atoms with E-state index in [2.05, 4.69) is 22.0 Å². The van der Waals surface area contributed by atoms with Crippen molar-refractivity contribution in [3.63, 3.8) is 0 Å². The van der Waals surface area contributed by atoms with E-state index in [0.29, 0.717) is 5.75 Å². The third-order valence-corrected chi connectivity index (χ3v) is 9.71. The van der Waals surface area contributed by atoms with Crippen LogP contribution in [0.3, 0.4) is 0 Å². The van der Waals surface area contributed by atoms with E-state index < -0.39 is 12.0 Å². The number of nitrogens with two attached hydrogens (primary N) is 1. The highest BCUT2D eigenvalue weighted by Crippen LogP contribution is 2.62. The van der Waals surface area contributed by atoms with E-state index >= 15 is 0 Å². The molecule has 0 aromatic heterocycles. The maximum Gasteiger partial charge on any atom is 0.344 e. The molecule has 2 aromatic rings. The number of aryl methyl sites for hydroxylation is 1. The van der Waals surface area contributed by atoms with Crippen molar-refractivity contribution in [3.8, 4) is 5.75 Å². The van der Waals surface area contributed by atoms with Gasteiger partial charge >= 0.3 is 12.0 Å². The molecule has 8 nitrogen and oxygen atoms in total. The number of carbonyl (C=O) groups excluding carboxylic acids is 2. The first-order chi connectivity index (χ1) is 20.3. The number of ether oxygens (including phenoxy) is 2. The van der Waals surface area contributed by atoms with Crippen LogP contribution in [0.2, 0.25) is 0 Å². The van der Waals surface area contributed by atoms with Crippen molar-refractivity contribution in [2.75, 3.05) is 19.7 Å². The Morgan fingerprint density at radius 1 is 1.07 bits per heavy atom. The molecular weight excluding hydrogens is 528 g/mol. The minimum absolute atomic E-state index is 0.0519. The van der Waals surface area contributed by atoms with E-state index in [9.17, 15) is 9.59 Å². The van der Waals surface area contributed by atoms with Crippen LogP contribution in [0.15, 0.2) is 60.3 Å². The predicted molar refractivity (Wildman–Crippen MR) is 161 cm³/mol. The molecule has 2 atom stereocenters. The molecule has 5 fully saturated rings. The van der Waals surface area contributed by atoms with Crippen LogP contribution in [0.25, 0.3) is 0 Å². The molecular formula is C34H44N4O4. The number of amides is 2. The molecule has 2 amide bonds. The summed E-state index contributed by atoms with van der Waals surface area (Å²) in [6.45, 7) is 3.71. The fourth-order valence-electron chi connectivity index (χ4n) is 8.16. The minimum Gasteiger partial charge on any atom is -0.482 e. The lowest BCUT2D eigenvalue weighted by Gasteiger charge is -2.57. The van der Waals surface area contributed by atoms with Gasteiger partial charge in [0.05, 0.1) is 6.04 Å². The summed E-state index contributed by atoms with van der Waals surface area (Å²) in [5.41, 5.74) is 10.6. The summed E-state index contributed by atoms with van der Waals surface area (Å²) in [6, 6.07) is 14.9. The van der Waals surface area contributed by atoms with E-state index in [-0.39, 0.29) is 30.7 Å². The zero-order valence-electron chi connectivity index (χ0n) is 24.6. The molecule has 4 saturated carbocycles. The fourth-order valence-corrected chi connectivity index (χ4v) is 8.16. The zero-order valence-corrected chi connectivity index (χ0v) is 24.6. The molecule has 4 bridgehead atoms. The van der Waals surface area contributed by atoms with Crippen molar-refractivity contribution in [3.05, 3.63) is 77.0 Å². The summed E-state index contributed by atoms with van der Waals surface area (Å²) in [5.74, 6) is 2.27. The summed E-state index contributed by atoms with van der Waals surface area (Å²) in [7, 11) is 0. The van der Waals surface area contributed by atoms with Crippen LogP contribution in [0.4, 0.5) is 4.79 Å². The number of benzene rings is 2. The zero-order chi connectivity index (χ0) is 29.1. The number of esters is 1. The average molecular weight is 573 g/mol. The second-order valence-corrected chi connectivity index (χ2v) is 13.1. The van der Waals surface area contributed by atoms with E-state index in [1.807, 2.05) is 55.5 Å². The molecule has 0 spiro atoms.